The molecule has 1 aromatic carbocycles. The molecule has 0 fully saturated rings. The van der Waals surface area contributed by atoms with E-state index in [1.165, 1.54) is 22.5 Å². The van der Waals surface area contributed by atoms with Crippen molar-refractivity contribution in [3.05, 3.63) is 47.7 Å². The van der Waals surface area contributed by atoms with E-state index in [0.717, 1.165) is 24.2 Å². The van der Waals surface area contributed by atoms with Crippen LogP contribution < -0.4 is 19.3 Å². The number of carbonyl (C=O) groups is 1. The van der Waals surface area contributed by atoms with Gasteiger partial charge in [0.15, 0.2) is 10.9 Å². The maximum absolute atomic E-state index is 13.0. The Morgan fingerprint density at radius 1 is 1.24 bits per heavy atom. The largest absolute Gasteiger partial charge is 0.497 e. The van der Waals surface area contributed by atoms with Gasteiger partial charge in [0.1, 0.15) is 11.5 Å². The lowest BCUT2D eigenvalue weighted by atomic mass is 10.1. The molecule has 7 nitrogen and oxygen atoms in total. The highest BCUT2D eigenvalue weighted by Crippen LogP contribution is 2.36. The number of hydrogen-bond acceptors (Lipinski definition) is 6. The van der Waals surface area contributed by atoms with Gasteiger partial charge >= 0.3 is 0 Å². The molecule has 2 heterocycles. The summed E-state index contributed by atoms with van der Waals surface area (Å²) < 4.78 is 16.1. The van der Waals surface area contributed by atoms with E-state index in [9.17, 15) is 4.79 Å². The SMILES string of the molecule is COc1ccc(OC)c(-c2csc(N(CCC[NH+](C)C)C(=O)c3ccco3)n2)c1. The molecule has 0 aliphatic rings. The number of ether oxygens (including phenoxy) is 2. The lowest BCUT2D eigenvalue weighted by Gasteiger charge is -2.19. The Kier molecular flexibility index (Phi) is 6.90. The summed E-state index contributed by atoms with van der Waals surface area (Å²) >= 11 is 1.42. The molecule has 0 aliphatic heterocycles. The van der Waals surface area contributed by atoms with Gasteiger partial charge in [-0.05, 0) is 30.3 Å². The second-order valence-electron chi connectivity index (χ2n) is 6.83. The Bertz CT molecular complexity index is 937. The van der Waals surface area contributed by atoms with Crippen molar-refractivity contribution in [1.29, 1.82) is 0 Å². The highest BCUT2D eigenvalue weighted by atomic mass is 32.1. The molecular weight excluding hydrogens is 390 g/mol. The van der Waals surface area contributed by atoms with Crippen LogP contribution in [0.1, 0.15) is 17.0 Å². The van der Waals surface area contributed by atoms with E-state index in [0.29, 0.717) is 28.9 Å². The van der Waals surface area contributed by atoms with Crippen molar-refractivity contribution in [3.8, 4) is 22.8 Å². The first-order valence-electron chi connectivity index (χ1n) is 9.35. The third-order valence-electron chi connectivity index (χ3n) is 4.44. The first kappa shape index (κ1) is 20.9. The predicted octanol–water partition coefficient (Wildman–Crippen LogP) is 2.60. The van der Waals surface area contributed by atoms with Crippen LogP contribution in [0, 0.1) is 0 Å². The highest BCUT2D eigenvalue weighted by Gasteiger charge is 2.24. The fourth-order valence-corrected chi connectivity index (χ4v) is 3.78. The summed E-state index contributed by atoms with van der Waals surface area (Å²) in [4.78, 5) is 20.7. The summed E-state index contributed by atoms with van der Waals surface area (Å²) in [7, 11) is 7.42. The number of nitrogens with one attached hydrogen (secondary N) is 1. The Labute approximate surface area is 174 Å². The summed E-state index contributed by atoms with van der Waals surface area (Å²) in [5, 5.41) is 2.55. The fraction of sp³-hybridized carbons (Fsp3) is 0.333. The molecule has 3 rings (SSSR count). The minimum Gasteiger partial charge on any atom is -0.497 e. The third kappa shape index (κ3) is 4.96. The number of rotatable bonds is 9. The second-order valence-corrected chi connectivity index (χ2v) is 7.66. The molecule has 0 spiro atoms. The number of quaternary nitrogens is 1. The molecule has 0 atom stereocenters. The van der Waals surface area contributed by atoms with Crippen LogP contribution in [0.2, 0.25) is 0 Å². The van der Waals surface area contributed by atoms with Gasteiger partial charge in [0, 0.05) is 23.9 Å². The van der Waals surface area contributed by atoms with Crippen LogP contribution >= 0.6 is 11.3 Å². The number of anilines is 1. The second kappa shape index (κ2) is 9.58. The number of thiazole rings is 1. The third-order valence-corrected chi connectivity index (χ3v) is 5.30. The number of hydrogen-bond donors (Lipinski definition) is 1. The Balaban J connectivity index is 1.92. The highest BCUT2D eigenvalue weighted by molar-refractivity contribution is 7.14. The zero-order valence-corrected chi connectivity index (χ0v) is 17.9. The van der Waals surface area contributed by atoms with Gasteiger partial charge in [0.25, 0.3) is 5.91 Å². The molecule has 1 N–H and O–H groups in total. The molecule has 0 radical (unpaired) electrons. The van der Waals surface area contributed by atoms with Crippen molar-refractivity contribution in [3.63, 3.8) is 0 Å². The van der Waals surface area contributed by atoms with E-state index in [4.69, 9.17) is 18.9 Å². The van der Waals surface area contributed by atoms with Crippen LogP contribution in [0.5, 0.6) is 11.5 Å². The number of amides is 1. The smallest absolute Gasteiger partial charge is 0.295 e. The van der Waals surface area contributed by atoms with Crippen molar-refractivity contribution in [2.24, 2.45) is 0 Å². The van der Waals surface area contributed by atoms with Crippen LogP contribution in [0.4, 0.5) is 5.13 Å². The van der Waals surface area contributed by atoms with E-state index >= 15 is 0 Å². The molecule has 0 saturated heterocycles. The van der Waals surface area contributed by atoms with E-state index in [-0.39, 0.29) is 5.91 Å². The van der Waals surface area contributed by atoms with E-state index < -0.39 is 0 Å². The molecule has 3 aromatic rings. The van der Waals surface area contributed by atoms with Crippen molar-refractivity contribution >= 4 is 22.4 Å². The van der Waals surface area contributed by atoms with Crippen molar-refractivity contribution in [2.75, 3.05) is 46.3 Å². The summed E-state index contributed by atoms with van der Waals surface area (Å²) in [6, 6.07) is 8.95. The minimum absolute atomic E-state index is 0.192. The molecule has 8 heteroatoms. The van der Waals surface area contributed by atoms with Gasteiger partial charge in [-0.1, -0.05) is 0 Å². The van der Waals surface area contributed by atoms with Crippen molar-refractivity contribution in [1.82, 2.24) is 4.98 Å². The zero-order chi connectivity index (χ0) is 20.8. The lowest BCUT2D eigenvalue weighted by molar-refractivity contribution is -0.858. The van der Waals surface area contributed by atoms with Crippen LogP contribution in [0.25, 0.3) is 11.3 Å². The monoisotopic (exact) mass is 416 g/mol. The summed E-state index contributed by atoms with van der Waals surface area (Å²) in [6.45, 7) is 1.51. The number of benzene rings is 1. The van der Waals surface area contributed by atoms with Crippen molar-refractivity contribution in [2.45, 2.75) is 6.42 Å². The number of nitrogens with zero attached hydrogens (tertiary/aromatic N) is 2. The molecule has 2 aromatic heterocycles. The molecule has 1 amide bonds. The van der Waals surface area contributed by atoms with Crippen LogP contribution in [-0.4, -0.2) is 52.3 Å². The average molecular weight is 417 g/mol. The van der Waals surface area contributed by atoms with E-state index in [1.54, 1.807) is 31.3 Å². The first-order valence-corrected chi connectivity index (χ1v) is 10.2. The van der Waals surface area contributed by atoms with Gasteiger partial charge in [-0.15, -0.1) is 11.3 Å². The maximum Gasteiger partial charge on any atom is 0.295 e. The van der Waals surface area contributed by atoms with Crippen LogP contribution in [0.15, 0.2) is 46.4 Å². The molecule has 154 valence electrons. The summed E-state index contributed by atoms with van der Waals surface area (Å²) in [5.74, 6) is 1.52. The minimum atomic E-state index is -0.192. The van der Waals surface area contributed by atoms with Crippen LogP contribution in [-0.2, 0) is 0 Å². The Hall–Kier alpha value is -2.84. The van der Waals surface area contributed by atoms with E-state index in [2.05, 4.69) is 14.1 Å². The van der Waals surface area contributed by atoms with Crippen molar-refractivity contribution < 1.29 is 23.6 Å². The number of methoxy groups -OCH3 is 2. The molecule has 0 unspecified atom stereocenters. The normalized spacial score (nSPS) is 10.9. The summed E-state index contributed by atoms with van der Waals surface area (Å²) in [5.41, 5.74) is 1.55. The van der Waals surface area contributed by atoms with Gasteiger partial charge in [-0.25, -0.2) is 4.98 Å². The molecule has 29 heavy (non-hydrogen) atoms. The number of aromatic nitrogens is 1. The van der Waals surface area contributed by atoms with E-state index in [1.807, 2.05) is 23.6 Å². The van der Waals surface area contributed by atoms with Gasteiger partial charge in [0.2, 0.25) is 0 Å². The molecule has 0 saturated carbocycles. The van der Waals surface area contributed by atoms with Gasteiger partial charge in [0.05, 0.1) is 46.8 Å². The maximum atomic E-state index is 13.0. The molecule has 0 aliphatic carbocycles. The number of carbonyl (C=O) groups excluding carboxylic acids is 1. The zero-order valence-electron chi connectivity index (χ0n) is 17.1. The average Bonchev–Trinajstić information content (AvgIpc) is 3.42. The molecule has 0 bridgehead atoms. The fourth-order valence-electron chi connectivity index (χ4n) is 2.93. The van der Waals surface area contributed by atoms with Gasteiger partial charge in [-0.3, -0.25) is 9.69 Å². The lowest BCUT2D eigenvalue weighted by Crippen LogP contribution is -3.05. The Morgan fingerprint density at radius 2 is 2.07 bits per heavy atom. The van der Waals surface area contributed by atoms with Gasteiger partial charge in [-0.2, -0.15) is 0 Å². The standard InChI is InChI=1S/C21H25N3O4S/c1-23(2)10-6-11-24(20(25)19-7-5-12-28-19)21-22-17(14-29-21)16-13-15(26-3)8-9-18(16)27-4/h5,7-9,12-14H,6,10-11H2,1-4H3/p+1. The van der Waals surface area contributed by atoms with Crippen LogP contribution in [0.3, 0.4) is 0 Å². The quantitative estimate of drug-likeness (QED) is 0.581. The topological polar surface area (TPSA) is 69.2 Å². The Morgan fingerprint density at radius 3 is 2.72 bits per heavy atom. The first-order chi connectivity index (χ1) is 14.0. The number of furan rings is 1. The van der Waals surface area contributed by atoms with Gasteiger partial charge < -0.3 is 18.8 Å². The molecular formula is C21H26N3O4S+. The predicted molar refractivity (Wildman–Crippen MR) is 113 cm³/mol. The summed E-state index contributed by atoms with van der Waals surface area (Å²) in [6.07, 6.45) is 2.36.